The summed E-state index contributed by atoms with van der Waals surface area (Å²) in [5, 5.41) is 9.61. The van der Waals surface area contributed by atoms with E-state index in [-0.39, 0.29) is 0 Å². The van der Waals surface area contributed by atoms with Gasteiger partial charge < -0.3 is 0 Å². The van der Waals surface area contributed by atoms with Gasteiger partial charge in [-0.2, -0.15) is 5.26 Å². The summed E-state index contributed by atoms with van der Waals surface area (Å²) in [6.07, 6.45) is 4.26. The molecule has 20 heavy (non-hydrogen) atoms. The quantitative estimate of drug-likeness (QED) is 0.828. The van der Waals surface area contributed by atoms with E-state index in [1.165, 1.54) is 5.56 Å². The van der Waals surface area contributed by atoms with Crippen molar-refractivity contribution in [3.8, 4) is 6.07 Å². The number of hydrogen-bond donors (Lipinski definition) is 0. The number of nitrogens with zero attached hydrogens (tertiary/aromatic N) is 2. The van der Waals surface area contributed by atoms with Crippen LogP contribution < -0.4 is 0 Å². The highest BCUT2D eigenvalue weighted by molar-refractivity contribution is 5.36. The van der Waals surface area contributed by atoms with Crippen LogP contribution in [0.15, 0.2) is 48.8 Å². The first kappa shape index (κ1) is 14.3. The van der Waals surface area contributed by atoms with E-state index in [4.69, 9.17) is 0 Å². The summed E-state index contributed by atoms with van der Waals surface area (Å²) in [5.41, 5.74) is 2.94. The van der Waals surface area contributed by atoms with Crippen molar-refractivity contribution in [2.24, 2.45) is 0 Å². The number of nitriles is 1. The SMILES string of the molecule is CC(C)c1ccc(C(C)(C#N)Cc2cccnc2)cc1. The molecule has 0 radical (unpaired) electrons. The molecule has 0 aliphatic heterocycles. The van der Waals surface area contributed by atoms with Crippen LogP contribution in [0.1, 0.15) is 43.4 Å². The molecule has 0 saturated heterocycles. The molecular weight excluding hydrogens is 244 g/mol. The van der Waals surface area contributed by atoms with Crippen LogP contribution in [0.5, 0.6) is 0 Å². The summed E-state index contributed by atoms with van der Waals surface area (Å²) in [6, 6.07) is 14.8. The van der Waals surface area contributed by atoms with Crippen LogP contribution >= 0.6 is 0 Å². The Labute approximate surface area is 121 Å². The minimum atomic E-state index is -0.515. The van der Waals surface area contributed by atoms with Crippen LogP contribution in [0.3, 0.4) is 0 Å². The van der Waals surface area contributed by atoms with Gasteiger partial charge in [0.25, 0.3) is 0 Å². The number of aromatic nitrogens is 1. The van der Waals surface area contributed by atoms with Gasteiger partial charge in [-0.05, 0) is 42.0 Å². The fourth-order valence-corrected chi connectivity index (χ4v) is 2.35. The Morgan fingerprint density at radius 2 is 1.90 bits per heavy atom. The van der Waals surface area contributed by atoms with Gasteiger partial charge in [0.15, 0.2) is 0 Å². The minimum Gasteiger partial charge on any atom is -0.264 e. The average Bonchev–Trinajstić information content (AvgIpc) is 2.48. The maximum atomic E-state index is 9.61. The van der Waals surface area contributed by atoms with Gasteiger partial charge in [-0.25, -0.2) is 0 Å². The van der Waals surface area contributed by atoms with Gasteiger partial charge >= 0.3 is 0 Å². The Hall–Kier alpha value is -2.14. The molecule has 2 heteroatoms. The molecule has 102 valence electrons. The highest BCUT2D eigenvalue weighted by atomic mass is 14.6. The zero-order chi connectivity index (χ0) is 14.6. The molecule has 0 amide bonds. The molecular formula is C18H20N2. The minimum absolute atomic E-state index is 0.510. The van der Waals surface area contributed by atoms with E-state index < -0.39 is 5.41 Å². The van der Waals surface area contributed by atoms with Crippen molar-refractivity contribution in [1.82, 2.24) is 4.98 Å². The van der Waals surface area contributed by atoms with Crippen LogP contribution in [0.2, 0.25) is 0 Å². The standard InChI is InChI=1S/C18H20N2/c1-14(2)16-6-8-17(9-7-16)18(3,13-19)11-15-5-4-10-20-12-15/h4-10,12,14H,11H2,1-3H3. The zero-order valence-electron chi connectivity index (χ0n) is 12.3. The van der Waals surface area contributed by atoms with E-state index >= 15 is 0 Å². The number of hydrogen-bond acceptors (Lipinski definition) is 2. The lowest BCUT2D eigenvalue weighted by atomic mass is 9.78. The first-order chi connectivity index (χ1) is 9.55. The average molecular weight is 264 g/mol. The Bertz CT molecular complexity index is 594. The monoisotopic (exact) mass is 264 g/mol. The Morgan fingerprint density at radius 1 is 1.20 bits per heavy atom. The summed E-state index contributed by atoms with van der Waals surface area (Å²) < 4.78 is 0. The molecule has 0 fully saturated rings. The van der Waals surface area contributed by atoms with E-state index in [9.17, 15) is 5.26 Å². The molecule has 1 aromatic carbocycles. The molecule has 1 aromatic heterocycles. The van der Waals surface area contributed by atoms with Gasteiger partial charge in [-0.1, -0.05) is 44.2 Å². The Balaban J connectivity index is 2.29. The van der Waals surface area contributed by atoms with Crippen LogP contribution in [-0.2, 0) is 11.8 Å². The lowest BCUT2D eigenvalue weighted by molar-refractivity contribution is 0.604. The van der Waals surface area contributed by atoms with E-state index in [0.29, 0.717) is 12.3 Å². The molecule has 0 N–H and O–H groups in total. The number of rotatable bonds is 4. The number of benzene rings is 1. The second-order valence-electron chi connectivity index (χ2n) is 5.76. The summed E-state index contributed by atoms with van der Waals surface area (Å²) in [7, 11) is 0. The molecule has 2 nitrogen and oxygen atoms in total. The van der Waals surface area contributed by atoms with E-state index in [1.54, 1.807) is 6.20 Å². The van der Waals surface area contributed by atoms with E-state index in [1.807, 2.05) is 25.3 Å². The topological polar surface area (TPSA) is 36.7 Å². The third-order valence-corrected chi connectivity index (χ3v) is 3.74. The second-order valence-corrected chi connectivity index (χ2v) is 5.76. The summed E-state index contributed by atoms with van der Waals surface area (Å²) in [4.78, 5) is 4.12. The van der Waals surface area contributed by atoms with Crippen LogP contribution in [0.25, 0.3) is 0 Å². The molecule has 1 unspecified atom stereocenters. The summed E-state index contributed by atoms with van der Waals surface area (Å²) in [5.74, 6) is 0.510. The fourth-order valence-electron chi connectivity index (χ4n) is 2.35. The largest absolute Gasteiger partial charge is 0.264 e. The molecule has 0 saturated carbocycles. The Morgan fingerprint density at radius 3 is 2.40 bits per heavy atom. The molecule has 0 aliphatic rings. The molecule has 1 atom stereocenters. The van der Waals surface area contributed by atoms with Crippen LogP contribution in [0.4, 0.5) is 0 Å². The van der Waals surface area contributed by atoms with Crippen LogP contribution in [0, 0.1) is 11.3 Å². The van der Waals surface area contributed by atoms with Crippen molar-refractivity contribution in [3.63, 3.8) is 0 Å². The first-order valence-electron chi connectivity index (χ1n) is 6.96. The van der Waals surface area contributed by atoms with Crippen molar-refractivity contribution in [2.45, 2.75) is 38.5 Å². The summed E-state index contributed by atoms with van der Waals surface area (Å²) >= 11 is 0. The van der Waals surface area contributed by atoms with Gasteiger partial charge in [0.05, 0.1) is 11.5 Å². The molecule has 0 aliphatic carbocycles. The molecule has 0 bridgehead atoms. The van der Waals surface area contributed by atoms with Gasteiger partial charge in [-0.15, -0.1) is 0 Å². The van der Waals surface area contributed by atoms with E-state index in [0.717, 1.165) is 11.1 Å². The predicted octanol–water partition coefficient (Wildman–Crippen LogP) is 4.23. The van der Waals surface area contributed by atoms with Gasteiger partial charge in [-0.3, -0.25) is 4.98 Å². The molecule has 0 spiro atoms. The Kier molecular flexibility index (Phi) is 4.20. The first-order valence-corrected chi connectivity index (χ1v) is 6.96. The predicted molar refractivity (Wildman–Crippen MR) is 81.4 cm³/mol. The van der Waals surface area contributed by atoms with Crippen LogP contribution in [-0.4, -0.2) is 4.98 Å². The van der Waals surface area contributed by atoms with Crippen molar-refractivity contribution in [2.75, 3.05) is 0 Å². The third-order valence-electron chi connectivity index (χ3n) is 3.74. The van der Waals surface area contributed by atoms with E-state index in [2.05, 4.69) is 49.2 Å². The van der Waals surface area contributed by atoms with Gasteiger partial charge in [0.2, 0.25) is 0 Å². The highest BCUT2D eigenvalue weighted by Gasteiger charge is 2.27. The number of pyridine rings is 1. The lowest BCUT2D eigenvalue weighted by Gasteiger charge is -2.22. The smallest absolute Gasteiger partial charge is 0.0835 e. The summed E-state index contributed by atoms with van der Waals surface area (Å²) in [6.45, 7) is 6.34. The lowest BCUT2D eigenvalue weighted by Crippen LogP contribution is -2.22. The normalized spacial score (nSPS) is 13.8. The van der Waals surface area contributed by atoms with Gasteiger partial charge in [0.1, 0.15) is 0 Å². The molecule has 2 aromatic rings. The zero-order valence-corrected chi connectivity index (χ0v) is 12.3. The molecule has 1 heterocycles. The van der Waals surface area contributed by atoms with Crippen molar-refractivity contribution in [3.05, 3.63) is 65.5 Å². The maximum Gasteiger partial charge on any atom is 0.0835 e. The molecule has 2 rings (SSSR count). The third kappa shape index (κ3) is 3.05. The van der Waals surface area contributed by atoms with Gasteiger partial charge in [0, 0.05) is 12.4 Å². The fraction of sp³-hybridized carbons (Fsp3) is 0.333. The van der Waals surface area contributed by atoms with Crippen molar-refractivity contribution >= 4 is 0 Å². The highest BCUT2D eigenvalue weighted by Crippen LogP contribution is 2.28. The second kappa shape index (κ2) is 5.88. The van der Waals surface area contributed by atoms with Crippen molar-refractivity contribution < 1.29 is 0 Å². The van der Waals surface area contributed by atoms with Crippen molar-refractivity contribution in [1.29, 1.82) is 5.26 Å². The maximum absolute atomic E-state index is 9.61.